The van der Waals surface area contributed by atoms with Gasteiger partial charge in [0.1, 0.15) is 5.75 Å². The molecule has 1 saturated heterocycles. The average Bonchev–Trinajstić information content (AvgIpc) is 3.61. The number of carbonyl (C=O) groups excluding carboxylic acids is 1. The van der Waals surface area contributed by atoms with Gasteiger partial charge in [0.15, 0.2) is 0 Å². The first-order valence-corrected chi connectivity index (χ1v) is 14.9. The standard InChI is InChI=1S/C29H40N6O2S/c1-4-37-25-12-10-23(11-13-25)30-19-24-8-6-16-35(24)29-33-32-28(38-29)34-17-14-22(15-18-34)27(36)31-26-9-5-7-20(2)21(26)3/h6,8,10-13,16,20-22,26,30H,4-5,7,9,14-15,17-19H2,1-3H3,(H,31,36)/t20-,21-,26+/m0/s1. The molecule has 1 aliphatic carbocycles. The fraction of sp³-hybridized carbons (Fsp3) is 0.552. The smallest absolute Gasteiger partial charge is 0.223 e. The van der Waals surface area contributed by atoms with E-state index in [-0.39, 0.29) is 11.8 Å². The van der Waals surface area contributed by atoms with E-state index in [1.165, 1.54) is 12.8 Å². The van der Waals surface area contributed by atoms with E-state index in [2.05, 4.69) is 50.2 Å². The Hall–Kier alpha value is -3.07. The molecule has 1 amide bonds. The van der Waals surface area contributed by atoms with Gasteiger partial charge in [-0.15, -0.1) is 10.2 Å². The van der Waals surface area contributed by atoms with Gasteiger partial charge in [-0.05, 0) is 74.4 Å². The summed E-state index contributed by atoms with van der Waals surface area (Å²) in [6.07, 6.45) is 7.36. The Kier molecular flexibility index (Phi) is 8.51. The molecule has 9 heteroatoms. The minimum Gasteiger partial charge on any atom is -0.494 e. The summed E-state index contributed by atoms with van der Waals surface area (Å²) in [4.78, 5) is 15.3. The highest BCUT2D eigenvalue weighted by Crippen LogP contribution is 2.31. The van der Waals surface area contributed by atoms with Crippen molar-refractivity contribution >= 4 is 28.1 Å². The maximum absolute atomic E-state index is 13.0. The molecule has 5 rings (SSSR count). The van der Waals surface area contributed by atoms with Gasteiger partial charge in [-0.25, -0.2) is 0 Å². The Labute approximate surface area is 229 Å². The molecule has 3 heterocycles. The van der Waals surface area contributed by atoms with Crippen molar-refractivity contribution in [2.45, 2.75) is 65.5 Å². The number of carbonyl (C=O) groups is 1. The lowest BCUT2D eigenvalue weighted by atomic mass is 9.78. The predicted octanol–water partition coefficient (Wildman–Crippen LogP) is 5.50. The summed E-state index contributed by atoms with van der Waals surface area (Å²) >= 11 is 1.60. The van der Waals surface area contributed by atoms with E-state index in [0.717, 1.165) is 59.7 Å². The van der Waals surface area contributed by atoms with Crippen LogP contribution in [0, 0.1) is 17.8 Å². The Morgan fingerprint density at radius 3 is 2.58 bits per heavy atom. The molecule has 0 radical (unpaired) electrons. The number of ether oxygens (including phenoxy) is 1. The Morgan fingerprint density at radius 1 is 1.05 bits per heavy atom. The molecule has 0 unspecified atom stereocenters. The van der Waals surface area contributed by atoms with Gasteiger partial charge in [-0.3, -0.25) is 9.36 Å². The lowest BCUT2D eigenvalue weighted by Gasteiger charge is -2.36. The van der Waals surface area contributed by atoms with Crippen molar-refractivity contribution in [3.8, 4) is 10.9 Å². The first-order chi connectivity index (χ1) is 18.5. The van der Waals surface area contributed by atoms with E-state index in [0.29, 0.717) is 31.0 Å². The van der Waals surface area contributed by atoms with Crippen molar-refractivity contribution in [3.63, 3.8) is 0 Å². The second-order valence-electron chi connectivity index (χ2n) is 10.7. The van der Waals surface area contributed by atoms with Crippen molar-refractivity contribution < 1.29 is 9.53 Å². The van der Waals surface area contributed by atoms with Crippen molar-refractivity contribution in [2.24, 2.45) is 17.8 Å². The fourth-order valence-corrected chi connectivity index (χ4v) is 6.54. The number of nitrogens with one attached hydrogen (secondary N) is 2. The number of anilines is 2. The molecule has 38 heavy (non-hydrogen) atoms. The van der Waals surface area contributed by atoms with E-state index in [1.807, 2.05) is 43.5 Å². The van der Waals surface area contributed by atoms with Crippen LogP contribution in [0.15, 0.2) is 42.6 Å². The van der Waals surface area contributed by atoms with Crippen LogP contribution in [-0.2, 0) is 11.3 Å². The van der Waals surface area contributed by atoms with Crippen molar-refractivity contribution in [1.29, 1.82) is 0 Å². The molecule has 1 saturated carbocycles. The largest absolute Gasteiger partial charge is 0.494 e. The summed E-state index contributed by atoms with van der Waals surface area (Å²) in [5.41, 5.74) is 2.15. The van der Waals surface area contributed by atoms with Gasteiger partial charge >= 0.3 is 0 Å². The number of benzene rings is 1. The first-order valence-electron chi connectivity index (χ1n) is 14.0. The normalized spacial score (nSPS) is 22.3. The topological polar surface area (TPSA) is 84.3 Å². The zero-order chi connectivity index (χ0) is 26.5. The SMILES string of the molecule is CCOc1ccc(NCc2cccn2-c2nnc(N3CCC(C(=O)N[C@@H]4CCC[C@H](C)[C@@H]4C)CC3)s2)cc1. The lowest BCUT2D eigenvalue weighted by Crippen LogP contribution is -2.48. The molecule has 204 valence electrons. The van der Waals surface area contributed by atoms with Crippen LogP contribution in [-0.4, -0.2) is 46.4 Å². The minimum absolute atomic E-state index is 0.0906. The van der Waals surface area contributed by atoms with Gasteiger partial charge in [0.05, 0.1) is 13.2 Å². The highest BCUT2D eigenvalue weighted by atomic mass is 32.1. The molecule has 2 aliphatic rings. The second-order valence-corrected chi connectivity index (χ2v) is 11.6. The van der Waals surface area contributed by atoms with E-state index in [1.54, 1.807) is 11.3 Å². The average molecular weight is 537 g/mol. The highest BCUT2D eigenvalue weighted by molar-refractivity contribution is 7.17. The molecule has 1 aliphatic heterocycles. The predicted molar refractivity (Wildman–Crippen MR) is 153 cm³/mol. The van der Waals surface area contributed by atoms with Gasteiger partial charge in [-0.2, -0.15) is 0 Å². The zero-order valence-corrected chi connectivity index (χ0v) is 23.5. The molecular formula is C29H40N6O2S. The van der Waals surface area contributed by atoms with Crippen molar-refractivity contribution in [1.82, 2.24) is 20.1 Å². The zero-order valence-electron chi connectivity index (χ0n) is 22.7. The van der Waals surface area contributed by atoms with E-state index >= 15 is 0 Å². The highest BCUT2D eigenvalue weighted by Gasteiger charge is 2.32. The third kappa shape index (κ3) is 6.14. The molecule has 2 N–H and O–H groups in total. The summed E-state index contributed by atoms with van der Waals surface area (Å²) in [6.45, 7) is 9.59. The van der Waals surface area contributed by atoms with Crippen LogP contribution in [0.4, 0.5) is 10.8 Å². The molecule has 0 spiro atoms. The number of aromatic nitrogens is 3. The number of hydrogen-bond acceptors (Lipinski definition) is 7. The number of rotatable bonds is 9. The van der Waals surface area contributed by atoms with Gasteiger partial charge in [0.25, 0.3) is 0 Å². The third-order valence-corrected chi connectivity index (χ3v) is 9.24. The van der Waals surface area contributed by atoms with Gasteiger partial charge < -0.3 is 20.3 Å². The molecule has 1 aromatic carbocycles. The van der Waals surface area contributed by atoms with Crippen molar-refractivity contribution in [3.05, 3.63) is 48.3 Å². The van der Waals surface area contributed by atoms with Crippen LogP contribution < -0.4 is 20.3 Å². The Bertz CT molecular complexity index is 1180. The first kappa shape index (κ1) is 26.5. The molecule has 8 nitrogen and oxygen atoms in total. The maximum Gasteiger partial charge on any atom is 0.223 e. The summed E-state index contributed by atoms with van der Waals surface area (Å²) in [5, 5.41) is 17.6. The second kappa shape index (κ2) is 12.2. The summed E-state index contributed by atoms with van der Waals surface area (Å²) < 4.78 is 7.62. The quantitative estimate of drug-likeness (QED) is 0.376. The van der Waals surface area contributed by atoms with Crippen molar-refractivity contribution in [2.75, 3.05) is 29.9 Å². The monoisotopic (exact) mass is 536 g/mol. The van der Waals surface area contributed by atoms with Crippen LogP contribution >= 0.6 is 11.3 Å². The Morgan fingerprint density at radius 2 is 1.82 bits per heavy atom. The van der Waals surface area contributed by atoms with Gasteiger partial charge in [-0.1, -0.05) is 38.0 Å². The molecule has 3 aromatic rings. The molecule has 2 fully saturated rings. The van der Waals surface area contributed by atoms with Crippen LogP contribution in [0.1, 0.15) is 58.6 Å². The minimum atomic E-state index is 0.0906. The van der Waals surface area contributed by atoms with Crippen LogP contribution in [0.25, 0.3) is 5.13 Å². The molecule has 3 atom stereocenters. The number of hydrogen-bond donors (Lipinski definition) is 2. The van der Waals surface area contributed by atoms with E-state index in [4.69, 9.17) is 4.74 Å². The molecule has 2 aromatic heterocycles. The van der Waals surface area contributed by atoms with Crippen LogP contribution in [0.2, 0.25) is 0 Å². The molecular weight excluding hydrogens is 496 g/mol. The number of piperidine rings is 1. The third-order valence-electron chi connectivity index (χ3n) is 8.25. The summed E-state index contributed by atoms with van der Waals surface area (Å²) in [6, 6.07) is 12.5. The van der Waals surface area contributed by atoms with Gasteiger partial charge in [0, 0.05) is 42.6 Å². The summed E-state index contributed by atoms with van der Waals surface area (Å²) in [7, 11) is 0. The van der Waals surface area contributed by atoms with Crippen LogP contribution in [0.3, 0.4) is 0 Å². The lowest BCUT2D eigenvalue weighted by molar-refractivity contribution is -0.127. The number of amides is 1. The summed E-state index contributed by atoms with van der Waals surface area (Å²) in [5.74, 6) is 2.45. The maximum atomic E-state index is 13.0. The van der Waals surface area contributed by atoms with E-state index < -0.39 is 0 Å². The van der Waals surface area contributed by atoms with Gasteiger partial charge in [0.2, 0.25) is 16.2 Å². The van der Waals surface area contributed by atoms with E-state index in [9.17, 15) is 4.79 Å². The fourth-order valence-electron chi connectivity index (χ4n) is 5.63. The number of nitrogens with zero attached hydrogens (tertiary/aromatic N) is 4. The Balaban J connectivity index is 1.14. The molecule has 0 bridgehead atoms. The van der Waals surface area contributed by atoms with Crippen LogP contribution in [0.5, 0.6) is 5.75 Å².